The van der Waals surface area contributed by atoms with E-state index in [0.717, 1.165) is 10.9 Å². The van der Waals surface area contributed by atoms with E-state index in [1.165, 1.54) is 16.6 Å². The molecule has 0 radical (unpaired) electrons. The SMILES string of the molecule is CCOc1ccc(S(=O)(=O)N2C[C@H](C)[C@@H](n3nc(CC(=O)O)c4ccccc43)C2)cn1. The lowest BCUT2D eigenvalue weighted by Crippen LogP contribution is -2.29. The summed E-state index contributed by atoms with van der Waals surface area (Å²) in [5.41, 5.74) is 1.28. The second-order valence-electron chi connectivity index (χ2n) is 7.61. The van der Waals surface area contributed by atoms with E-state index >= 15 is 0 Å². The molecule has 1 saturated heterocycles. The van der Waals surface area contributed by atoms with Crippen molar-refractivity contribution in [1.82, 2.24) is 19.1 Å². The van der Waals surface area contributed by atoms with Gasteiger partial charge in [0.1, 0.15) is 4.90 Å². The Bertz CT molecular complexity index is 1210. The topological polar surface area (TPSA) is 115 Å². The third-order valence-electron chi connectivity index (χ3n) is 5.50. The molecule has 0 bridgehead atoms. The molecule has 1 aromatic carbocycles. The van der Waals surface area contributed by atoms with Gasteiger partial charge in [-0.25, -0.2) is 13.4 Å². The fraction of sp³-hybridized carbons (Fsp3) is 0.381. The van der Waals surface area contributed by atoms with Crippen LogP contribution in [0.25, 0.3) is 10.9 Å². The third kappa shape index (κ3) is 4.00. The Morgan fingerprint density at radius 3 is 2.68 bits per heavy atom. The number of para-hydroxylation sites is 1. The molecule has 2 atom stereocenters. The molecule has 0 amide bonds. The normalized spacial score (nSPS) is 19.7. The van der Waals surface area contributed by atoms with Crippen LogP contribution in [0.15, 0.2) is 47.5 Å². The molecule has 1 aliphatic rings. The van der Waals surface area contributed by atoms with Crippen LogP contribution >= 0.6 is 0 Å². The maximum Gasteiger partial charge on any atom is 0.309 e. The number of benzene rings is 1. The Balaban J connectivity index is 1.64. The summed E-state index contributed by atoms with van der Waals surface area (Å²) in [5, 5.41) is 14.6. The van der Waals surface area contributed by atoms with Crippen molar-refractivity contribution in [1.29, 1.82) is 0 Å². The van der Waals surface area contributed by atoms with Crippen molar-refractivity contribution < 1.29 is 23.1 Å². The van der Waals surface area contributed by atoms with Gasteiger partial charge in [0, 0.05) is 24.5 Å². The summed E-state index contributed by atoms with van der Waals surface area (Å²) in [6.45, 7) is 4.84. The number of ether oxygens (including phenoxy) is 1. The first-order valence-electron chi connectivity index (χ1n) is 10.1. The maximum absolute atomic E-state index is 13.2. The number of aliphatic carboxylic acids is 1. The van der Waals surface area contributed by atoms with Gasteiger partial charge >= 0.3 is 5.97 Å². The highest BCUT2D eigenvalue weighted by atomic mass is 32.2. The number of carbonyl (C=O) groups is 1. The number of nitrogens with zero attached hydrogens (tertiary/aromatic N) is 4. The van der Waals surface area contributed by atoms with Crippen molar-refractivity contribution in [2.24, 2.45) is 5.92 Å². The molecular weight excluding hydrogens is 420 g/mol. The standard InChI is InChI=1S/C21H24N4O5S/c1-3-30-20-9-8-15(11-22-20)31(28,29)24-12-14(2)19(13-24)25-18-7-5-4-6-16(18)17(23-25)10-21(26)27/h4-9,11,14,19H,3,10,12-13H2,1-2H3,(H,26,27)/t14-,19-/m0/s1. The molecule has 4 rings (SSSR count). The first-order chi connectivity index (χ1) is 14.8. The second-order valence-corrected chi connectivity index (χ2v) is 9.55. The molecule has 0 spiro atoms. The number of rotatable bonds is 7. The van der Waals surface area contributed by atoms with Crippen LogP contribution < -0.4 is 4.74 Å². The number of pyridine rings is 1. The molecule has 3 heterocycles. The smallest absolute Gasteiger partial charge is 0.309 e. The first-order valence-corrected chi connectivity index (χ1v) is 11.5. The molecule has 10 heteroatoms. The minimum Gasteiger partial charge on any atom is -0.481 e. The van der Waals surface area contributed by atoms with Crippen molar-refractivity contribution in [3.05, 3.63) is 48.3 Å². The highest BCUT2D eigenvalue weighted by Gasteiger charge is 2.39. The van der Waals surface area contributed by atoms with E-state index in [4.69, 9.17) is 4.74 Å². The summed E-state index contributed by atoms with van der Waals surface area (Å²) < 4.78 is 34.9. The molecule has 164 valence electrons. The van der Waals surface area contributed by atoms with Crippen LogP contribution in [-0.4, -0.2) is 58.3 Å². The number of hydrogen-bond donors (Lipinski definition) is 1. The quantitative estimate of drug-likeness (QED) is 0.595. The fourth-order valence-corrected chi connectivity index (χ4v) is 5.51. The molecule has 3 aromatic rings. The van der Waals surface area contributed by atoms with Crippen molar-refractivity contribution in [3.8, 4) is 5.88 Å². The third-order valence-corrected chi connectivity index (χ3v) is 7.32. The van der Waals surface area contributed by atoms with E-state index in [1.807, 2.05) is 38.1 Å². The lowest BCUT2D eigenvalue weighted by molar-refractivity contribution is -0.136. The average molecular weight is 445 g/mol. The second kappa shape index (κ2) is 8.27. The Morgan fingerprint density at radius 2 is 2.00 bits per heavy atom. The largest absolute Gasteiger partial charge is 0.481 e. The summed E-state index contributed by atoms with van der Waals surface area (Å²) in [6.07, 6.45) is 1.13. The molecule has 31 heavy (non-hydrogen) atoms. The predicted octanol–water partition coefficient (Wildman–Crippen LogP) is 2.34. The average Bonchev–Trinajstić information content (AvgIpc) is 3.29. The minimum absolute atomic E-state index is 0.00795. The monoisotopic (exact) mass is 444 g/mol. The fourth-order valence-electron chi connectivity index (χ4n) is 4.00. The molecular formula is C21H24N4O5S. The van der Waals surface area contributed by atoms with Gasteiger partial charge in [-0.1, -0.05) is 25.1 Å². The van der Waals surface area contributed by atoms with Gasteiger partial charge in [0.15, 0.2) is 0 Å². The van der Waals surface area contributed by atoms with E-state index in [2.05, 4.69) is 10.1 Å². The van der Waals surface area contributed by atoms with E-state index in [0.29, 0.717) is 24.7 Å². The summed E-state index contributed by atoms with van der Waals surface area (Å²) in [7, 11) is -3.73. The van der Waals surface area contributed by atoms with Crippen LogP contribution in [-0.2, 0) is 21.2 Å². The number of carboxylic acid groups (broad SMARTS) is 1. The Kier molecular flexibility index (Phi) is 5.67. The Morgan fingerprint density at radius 1 is 1.23 bits per heavy atom. The van der Waals surface area contributed by atoms with Gasteiger partial charge < -0.3 is 9.84 Å². The van der Waals surface area contributed by atoms with Gasteiger partial charge in [-0.2, -0.15) is 9.40 Å². The molecule has 0 aliphatic carbocycles. The summed E-state index contributed by atoms with van der Waals surface area (Å²) in [6, 6.07) is 10.3. The molecule has 2 aromatic heterocycles. The molecule has 9 nitrogen and oxygen atoms in total. The summed E-state index contributed by atoms with van der Waals surface area (Å²) in [5.74, 6) is -0.586. The molecule has 1 aliphatic heterocycles. The van der Waals surface area contributed by atoms with Gasteiger partial charge in [0.2, 0.25) is 15.9 Å². The highest BCUT2D eigenvalue weighted by Crippen LogP contribution is 2.34. The van der Waals surface area contributed by atoms with Gasteiger partial charge in [-0.05, 0) is 25.0 Å². The zero-order valence-corrected chi connectivity index (χ0v) is 18.1. The number of sulfonamides is 1. The van der Waals surface area contributed by atoms with Gasteiger partial charge in [0.25, 0.3) is 0 Å². The molecule has 1 N–H and O–H groups in total. The van der Waals surface area contributed by atoms with Crippen LogP contribution in [0, 0.1) is 5.92 Å². The highest BCUT2D eigenvalue weighted by molar-refractivity contribution is 7.89. The Labute approximate surface area is 180 Å². The zero-order valence-electron chi connectivity index (χ0n) is 17.3. The van der Waals surface area contributed by atoms with Gasteiger partial charge in [0.05, 0.1) is 36.5 Å². The van der Waals surface area contributed by atoms with E-state index in [1.54, 1.807) is 10.7 Å². The van der Waals surface area contributed by atoms with Gasteiger partial charge in [-0.3, -0.25) is 9.48 Å². The van der Waals surface area contributed by atoms with Crippen molar-refractivity contribution in [2.75, 3.05) is 19.7 Å². The zero-order chi connectivity index (χ0) is 22.2. The van der Waals surface area contributed by atoms with Gasteiger partial charge in [-0.15, -0.1) is 0 Å². The van der Waals surface area contributed by atoms with Crippen molar-refractivity contribution in [3.63, 3.8) is 0 Å². The van der Waals surface area contributed by atoms with Crippen molar-refractivity contribution >= 4 is 26.9 Å². The lowest BCUT2D eigenvalue weighted by atomic mass is 10.1. The van der Waals surface area contributed by atoms with Crippen LogP contribution in [0.2, 0.25) is 0 Å². The van der Waals surface area contributed by atoms with Crippen LogP contribution in [0.4, 0.5) is 0 Å². The van der Waals surface area contributed by atoms with Crippen LogP contribution in [0.1, 0.15) is 25.6 Å². The van der Waals surface area contributed by atoms with E-state index in [-0.39, 0.29) is 29.8 Å². The summed E-state index contributed by atoms with van der Waals surface area (Å²) in [4.78, 5) is 15.4. The molecule has 1 fully saturated rings. The molecule has 0 unspecified atom stereocenters. The number of hydrogen-bond acceptors (Lipinski definition) is 6. The lowest BCUT2D eigenvalue weighted by Gasteiger charge is -2.17. The minimum atomic E-state index is -3.73. The first kappa shape index (κ1) is 21.3. The Hall–Kier alpha value is -2.98. The van der Waals surface area contributed by atoms with Crippen LogP contribution in [0.3, 0.4) is 0 Å². The molecule has 0 saturated carbocycles. The van der Waals surface area contributed by atoms with Crippen LogP contribution in [0.5, 0.6) is 5.88 Å². The van der Waals surface area contributed by atoms with E-state index in [9.17, 15) is 18.3 Å². The number of carboxylic acids is 1. The van der Waals surface area contributed by atoms with E-state index < -0.39 is 16.0 Å². The number of aromatic nitrogens is 3. The maximum atomic E-state index is 13.2. The van der Waals surface area contributed by atoms with Crippen molar-refractivity contribution in [2.45, 2.75) is 31.2 Å². The number of fused-ring (bicyclic) bond motifs is 1. The summed E-state index contributed by atoms with van der Waals surface area (Å²) >= 11 is 0. The predicted molar refractivity (Wildman–Crippen MR) is 113 cm³/mol.